The Morgan fingerprint density at radius 1 is 1.19 bits per heavy atom. The molecule has 4 nitrogen and oxygen atoms in total. The van der Waals surface area contributed by atoms with Crippen molar-refractivity contribution in [1.82, 2.24) is 0 Å². The fourth-order valence-electron chi connectivity index (χ4n) is 1.19. The van der Waals surface area contributed by atoms with Crippen molar-refractivity contribution in [3.63, 3.8) is 0 Å². The van der Waals surface area contributed by atoms with Gasteiger partial charge < -0.3 is 0 Å². The van der Waals surface area contributed by atoms with Crippen LogP contribution >= 0.6 is 11.6 Å². The van der Waals surface area contributed by atoms with Crippen LogP contribution in [-0.2, 0) is 5.66 Å². The Bertz CT molecular complexity index is 439. The van der Waals surface area contributed by atoms with Crippen molar-refractivity contribution in [3.8, 4) is 0 Å². The molecule has 0 atom stereocenters. The van der Waals surface area contributed by atoms with Crippen LogP contribution in [0.15, 0.2) is 38.9 Å². The molecule has 0 unspecified atom stereocenters. The minimum Gasteiger partial charge on any atom is -0.166 e. The van der Waals surface area contributed by atoms with E-state index in [0.29, 0.717) is 0 Å². The minimum atomic E-state index is -4.72. The number of benzene rings is 1. The first-order chi connectivity index (χ1) is 7.46. The van der Waals surface area contributed by atoms with E-state index in [1.807, 2.05) is 0 Å². The number of alkyl halides is 3. The van der Waals surface area contributed by atoms with Crippen LogP contribution in [0.3, 0.4) is 0 Å². The molecule has 0 bridgehead atoms. The Balaban J connectivity index is 2.54. The molecule has 0 aliphatic carbocycles. The highest BCUT2D eigenvalue weighted by atomic mass is 35.5. The largest absolute Gasteiger partial charge is 0.442 e. The van der Waals surface area contributed by atoms with E-state index in [4.69, 9.17) is 11.6 Å². The van der Waals surface area contributed by atoms with E-state index >= 15 is 0 Å². The first kappa shape index (κ1) is 11.0. The lowest BCUT2D eigenvalue weighted by molar-refractivity contribution is -0.187. The van der Waals surface area contributed by atoms with Crippen molar-refractivity contribution in [2.24, 2.45) is 20.7 Å². The van der Waals surface area contributed by atoms with Crippen molar-refractivity contribution < 1.29 is 13.2 Å². The van der Waals surface area contributed by atoms with Crippen LogP contribution in [0, 0.1) is 6.07 Å². The maximum atomic E-state index is 12.8. The van der Waals surface area contributed by atoms with Gasteiger partial charge in [0.1, 0.15) is 0 Å². The van der Waals surface area contributed by atoms with Gasteiger partial charge in [-0.3, -0.25) is 0 Å². The monoisotopic (exact) mass is 247 g/mol. The van der Waals surface area contributed by atoms with Crippen LogP contribution in [0.2, 0.25) is 5.02 Å². The molecule has 1 heterocycles. The lowest BCUT2D eigenvalue weighted by Crippen LogP contribution is -2.37. The topological polar surface area (TPSA) is 49.4 Å². The quantitative estimate of drug-likeness (QED) is 0.727. The van der Waals surface area contributed by atoms with Gasteiger partial charge in [0.15, 0.2) is 0 Å². The second-order valence-corrected chi connectivity index (χ2v) is 3.41. The van der Waals surface area contributed by atoms with Gasteiger partial charge in [-0.1, -0.05) is 17.7 Å². The molecule has 0 spiro atoms. The number of rotatable bonds is 1. The second-order valence-electron chi connectivity index (χ2n) is 2.97. The average molecular weight is 248 g/mol. The molecule has 0 amide bonds. The molecule has 0 N–H and O–H groups in total. The summed E-state index contributed by atoms with van der Waals surface area (Å²) in [4.78, 5) is 0. The molecular weight excluding hydrogens is 245 g/mol. The van der Waals surface area contributed by atoms with Crippen molar-refractivity contribution >= 4 is 11.6 Å². The van der Waals surface area contributed by atoms with E-state index in [2.05, 4.69) is 26.7 Å². The molecular formula is C8H3ClF3N4. The standard InChI is InChI=1S/C8H3ClF3N4/c9-6-3-1-5(2-4-6)7(8(10,11)12)13-15-16-14-7/h1,3-4H. The van der Waals surface area contributed by atoms with Gasteiger partial charge in [-0.25, -0.2) is 0 Å². The van der Waals surface area contributed by atoms with Gasteiger partial charge in [0.2, 0.25) is 0 Å². The second kappa shape index (κ2) is 3.51. The highest BCUT2D eigenvalue weighted by molar-refractivity contribution is 6.30. The summed E-state index contributed by atoms with van der Waals surface area (Å²) >= 11 is 5.56. The van der Waals surface area contributed by atoms with Crippen LogP contribution < -0.4 is 0 Å². The lowest BCUT2D eigenvalue weighted by atomic mass is 10.0. The number of nitrogens with zero attached hydrogens (tertiary/aromatic N) is 4. The first-order valence-electron chi connectivity index (χ1n) is 4.04. The minimum absolute atomic E-state index is 0.271. The van der Waals surface area contributed by atoms with Gasteiger partial charge in [0, 0.05) is 10.6 Å². The third kappa shape index (κ3) is 1.57. The van der Waals surface area contributed by atoms with E-state index in [1.54, 1.807) is 0 Å². The number of hydrogen-bond donors (Lipinski definition) is 0. The van der Waals surface area contributed by atoms with E-state index in [1.165, 1.54) is 12.1 Å². The van der Waals surface area contributed by atoms with Gasteiger partial charge in [0.25, 0.3) is 0 Å². The molecule has 1 aliphatic rings. The SMILES string of the molecule is FC(F)(F)C1(c2[c]cc(Cl)cc2)N=NN=N1. The van der Waals surface area contributed by atoms with Crippen molar-refractivity contribution in [2.75, 3.05) is 0 Å². The van der Waals surface area contributed by atoms with Gasteiger partial charge in [-0.2, -0.15) is 13.2 Å². The summed E-state index contributed by atoms with van der Waals surface area (Å²) in [6.45, 7) is 0. The summed E-state index contributed by atoms with van der Waals surface area (Å²) in [5, 5.41) is 12.2. The smallest absolute Gasteiger partial charge is 0.166 e. The Morgan fingerprint density at radius 3 is 2.25 bits per heavy atom. The van der Waals surface area contributed by atoms with Crippen LogP contribution in [0.1, 0.15) is 5.56 Å². The maximum Gasteiger partial charge on any atom is 0.442 e. The Labute approximate surface area is 92.8 Å². The molecule has 1 radical (unpaired) electrons. The van der Waals surface area contributed by atoms with Crippen molar-refractivity contribution in [3.05, 3.63) is 34.9 Å². The van der Waals surface area contributed by atoms with Crippen LogP contribution in [0.5, 0.6) is 0 Å². The maximum absolute atomic E-state index is 12.8. The zero-order valence-corrected chi connectivity index (χ0v) is 8.29. The predicted molar refractivity (Wildman–Crippen MR) is 47.7 cm³/mol. The van der Waals surface area contributed by atoms with E-state index in [0.717, 1.165) is 6.07 Å². The summed E-state index contributed by atoms with van der Waals surface area (Å²) in [7, 11) is 0. The van der Waals surface area contributed by atoms with Gasteiger partial charge >= 0.3 is 11.8 Å². The Hall–Kier alpha value is -1.50. The first-order valence-corrected chi connectivity index (χ1v) is 4.42. The highest BCUT2D eigenvalue weighted by Gasteiger charge is 2.60. The van der Waals surface area contributed by atoms with Crippen LogP contribution in [0.4, 0.5) is 13.2 Å². The van der Waals surface area contributed by atoms with Crippen LogP contribution in [-0.4, -0.2) is 6.18 Å². The highest BCUT2D eigenvalue weighted by Crippen LogP contribution is 2.46. The summed E-state index contributed by atoms with van der Waals surface area (Å²) in [6.07, 6.45) is -4.72. The third-order valence-corrected chi connectivity index (χ3v) is 2.20. The lowest BCUT2D eigenvalue weighted by Gasteiger charge is -2.22. The van der Waals surface area contributed by atoms with E-state index < -0.39 is 11.8 Å². The molecule has 1 aromatic rings. The fourth-order valence-corrected chi connectivity index (χ4v) is 1.30. The zero-order chi connectivity index (χ0) is 11.8. The molecule has 0 saturated carbocycles. The van der Waals surface area contributed by atoms with Crippen molar-refractivity contribution in [2.45, 2.75) is 11.8 Å². The summed E-state index contributed by atoms with van der Waals surface area (Å²) in [5.74, 6) is 0. The molecule has 0 fully saturated rings. The summed E-state index contributed by atoms with van der Waals surface area (Å²) in [6, 6.07) is 6.00. The zero-order valence-electron chi connectivity index (χ0n) is 7.53. The van der Waals surface area contributed by atoms with Gasteiger partial charge in [0.05, 0.1) is 0 Å². The molecule has 8 heteroatoms. The summed E-state index contributed by atoms with van der Waals surface area (Å²) < 4.78 is 38.5. The molecule has 16 heavy (non-hydrogen) atoms. The molecule has 1 aromatic carbocycles. The van der Waals surface area contributed by atoms with E-state index in [-0.39, 0.29) is 10.6 Å². The molecule has 1 aliphatic heterocycles. The molecule has 0 aromatic heterocycles. The average Bonchev–Trinajstić information content (AvgIpc) is 2.68. The van der Waals surface area contributed by atoms with Crippen molar-refractivity contribution in [1.29, 1.82) is 0 Å². The third-order valence-electron chi connectivity index (χ3n) is 1.96. The van der Waals surface area contributed by atoms with Gasteiger partial charge in [-0.15, -0.1) is 10.2 Å². The van der Waals surface area contributed by atoms with Gasteiger partial charge in [-0.05, 0) is 28.6 Å². The Kier molecular flexibility index (Phi) is 2.42. The normalized spacial score (nSPS) is 18.0. The van der Waals surface area contributed by atoms with E-state index in [9.17, 15) is 13.2 Å². The molecule has 83 valence electrons. The number of halogens is 4. The molecule has 2 rings (SSSR count). The Morgan fingerprint density at radius 2 is 1.81 bits per heavy atom. The predicted octanol–water partition coefficient (Wildman–Crippen LogP) is 3.69. The fraction of sp³-hybridized carbons (Fsp3) is 0.250. The molecule has 0 saturated heterocycles. The number of hydrogen-bond acceptors (Lipinski definition) is 4. The van der Waals surface area contributed by atoms with Crippen LogP contribution in [0.25, 0.3) is 0 Å². The summed E-state index contributed by atoms with van der Waals surface area (Å²) in [5.41, 5.74) is -3.08.